The van der Waals surface area contributed by atoms with E-state index >= 15 is 0 Å². The number of carbonyl (C=O) groups excluding carboxylic acids is 1. The van der Waals surface area contributed by atoms with Gasteiger partial charge in [0, 0.05) is 43.6 Å². The van der Waals surface area contributed by atoms with Gasteiger partial charge in [0.05, 0.1) is 26.4 Å². The van der Waals surface area contributed by atoms with Gasteiger partial charge in [0.25, 0.3) is 0 Å². The Morgan fingerprint density at radius 3 is 2.11 bits per heavy atom. The van der Waals surface area contributed by atoms with E-state index in [0.29, 0.717) is 52.6 Å². The molecular weight excluding hydrogens is 354 g/mol. The monoisotopic (exact) mass is 381 g/mol. The van der Waals surface area contributed by atoms with Crippen LogP contribution >= 0.6 is 0 Å². The maximum absolute atomic E-state index is 11.8. The normalized spacial score (nSPS) is 17.0. The highest BCUT2D eigenvalue weighted by Gasteiger charge is 2.18. The molecule has 2 fully saturated rings. The van der Waals surface area contributed by atoms with E-state index in [9.17, 15) is 9.59 Å². The quantitative estimate of drug-likeness (QED) is 0.831. The molecule has 9 heteroatoms. The predicted molar refractivity (Wildman–Crippen MR) is 96.7 cm³/mol. The molecule has 0 atom stereocenters. The average molecular weight is 381 g/mol. The summed E-state index contributed by atoms with van der Waals surface area (Å²) in [5.74, 6) is 0. The molecule has 2 aliphatic rings. The Morgan fingerprint density at radius 2 is 1.63 bits per heavy atom. The van der Waals surface area contributed by atoms with Gasteiger partial charge >= 0.3 is 12.2 Å². The Labute approximate surface area is 158 Å². The smallest absolute Gasteiger partial charge is 0.410 e. The summed E-state index contributed by atoms with van der Waals surface area (Å²) in [4.78, 5) is 29.3. The van der Waals surface area contributed by atoms with Crippen molar-refractivity contribution in [2.45, 2.75) is 20.5 Å². The van der Waals surface area contributed by atoms with Crippen LogP contribution < -0.4 is 0 Å². The molecule has 2 aliphatic heterocycles. The minimum absolute atomic E-state index is 0.277. The predicted octanol–water partition coefficient (Wildman–Crippen LogP) is 1.66. The molecule has 3 rings (SSSR count). The Kier molecular flexibility index (Phi) is 8.28. The minimum Gasteiger partial charge on any atom is -0.465 e. The van der Waals surface area contributed by atoms with Gasteiger partial charge in [0.2, 0.25) is 0 Å². The zero-order valence-electron chi connectivity index (χ0n) is 15.8. The fraction of sp³-hybridized carbons (Fsp3) is 0.611. The van der Waals surface area contributed by atoms with Gasteiger partial charge in [-0.15, -0.1) is 0 Å². The summed E-state index contributed by atoms with van der Waals surface area (Å²) < 4.78 is 15.5. The number of carboxylic acid groups (broad SMARTS) is 1. The SMILES string of the molecule is Cc1ccnc(C)c1COC(=O)N1CCOCC1.O=C(O)N1CCOCC1. The van der Waals surface area contributed by atoms with Crippen molar-refractivity contribution in [3.05, 3.63) is 29.1 Å². The molecule has 1 aromatic rings. The van der Waals surface area contributed by atoms with E-state index in [1.54, 1.807) is 11.1 Å². The molecule has 0 saturated carbocycles. The largest absolute Gasteiger partial charge is 0.465 e. The average Bonchev–Trinajstić information content (AvgIpc) is 2.69. The van der Waals surface area contributed by atoms with E-state index in [4.69, 9.17) is 19.3 Å². The highest BCUT2D eigenvalue weighted by atomic mass is 16.6. The fourth-order valence-electron chi connectivity index (χ4n) is 2.67. The van der Waals surface area contributed by atoms with Gasteiger partial charge in [-0.25, -0.2) is 9.59 Å². The number of carbonyl (C=O) groups is 2. The number of pyridine rings is 1. The van der Waals surface area contributed by atoms with E-state index < -0.39 is 6.09 Å². The van der Waals surface area contributed by atoms with E-state index in [1.807, 2.05) is 19.9 Å². The summed E-state index contributed by atoms with van der Waals surface area (Å²) in [5, 5.41) is 8.41. The van der Waals surface area contributed by atoms with Crippen LogP contribution in [-0.4, -0.2) is 84.7 Å². The molecule has 0 unspecified atom stereocenters. The molecule has 2 saturated heterocycles. The van der Waals surface area contributed by atoms with Crippen molar-refractivity contribution in [3.63, 3.8) is 0 Å². The molecule has 2 amide bonds. The summed E-state index contributed by atoms with van der Waals surface area (Å²) >= 11 is 0. The molecule has 27 heavy (non-hydrogen) atoms. The van der Waals surface area contributed by atoms with Gasteiger partial charge in [-0.1, -0.05) is 0 Å². The molecule has 0 spiro atoms. The second kappa shape index (κ2) is 10.7. The lowest BCUT2D eigenvalue weighted by molar-refractivity contribution is 0.0248. The molecule has 0 aromatic carbocycles. The molecule has 3 heterocycles. The van der Waals surface area contributed by atoms with Crippen molar-refractivity contribution in [2.24, 2.45) is 0 Å². The van der Waals surface area contributed by atoms with Gasteiger partial charge in [-0.3, -0.25) is 4.98 Å². The third-order valence-electron chi connectivity index (χ3n) is 4.40. The molecule has 1 N–H and O–H groups in total. The van der Waals surface area contributed by atoms with E-state index in [-0.39, 0.29) is 12.7 Å². The van der Waals surface area contributed by atoms with Crippen molar-refractivity contribution in [1.29, 1.82) is 0 Å². The van der Waals surface area contributed by atoms with Gasteiger partial charge in [0.1, 0.15) is 6.61 Å². The fourth-order valence-corrected chi connectivity index (χ4v) is 2.67. The van der Waals surface area contributed by atoms with E-state index in [0.717, 1.165) is 16.8 Å². The number of morpholine rings is 2. The molecule has 0 radical (unpaired) electrons. The first-order chi connectivity index (χ1) is 13.0. The van der Waals surface area contributed by atoms with Crippen LogP contribution in [0.15, 0.2) is 12.3 Å². The number of amides is 2. The Bertz CT molecular complexity index is 607. The first-order valence-electron chi connectivity index (χ1n) is 8.95. The minimum atomic E-state index is -0.849. The second-order valence-electron chi connectivity index (χ2n) is 6.23. The number of hydrogen-bond acceptors (Lipinski definition) is 6. The second-order valence-corrected chi connectivity index (χ2v) is 6.23. The van der Waals surface area contributed by atoms with Crippen LogP contribution in [-0.2, 0) is 20.8 Å². The number of ether oxygens (including phenoxy) is 3. The molecule has 0 aliphatic carbocycles. The van der Waals surface area contributed by atoms with Crippen molar-refractivity contribution in [3.8, 4) is 0 Å². The highest BCUT2D eigenvalue weighted by Crippen LogP contribution is 2.13. The molecule has 0 bridgehead atoms. The van der Waals surface area contributed by atoms with Gasteiger partial charge in [-0.2, -0.15) is 0 Å². The standard InChI is InChI=1S/C13H18N2O3.C5H9NO3/c1-10-3-4-14-11(2)12(10)9-18-13(16)15-5-7-17-8-6-15;7-5(8)6-1-3-9-4-2-6/h3-4H,5-9H2,1-2H3;1-4H2,(H,7,8). The summed E-state index contributed by atoms with van der Waals surface area (Å²) in [6.45, 7) is 8.65. The Hall–Kier alpha value is -2.39. The third kappa shape index (κ3) is 6.69. The lowest BCUT2D eigenvalue weighted by atomic mass is 10.1. The summed E-state index contributed by atoms with van der Waals surface area (Å²) in [6, 6.07) is 1.92. The van der Waals surface area contributed by atoms with Crippen LogP contribution in [0, 0.1) is 13.8 Å². The topological polar surface area (TPSA) is 101 Å². The van der Waals surface area contributed by atoms with Gasteiger partial charge in [0.15, 0.2) is 0 Å². The van der Waals surface area contributed by atoms with Gasteiger partial charge < -0.3 is 29.1 Å². The third-order valence-corrected chi connectivity index (χ3v) is 4.40. The van der Waals surface area contributed by atoms with Crippen LogP contribution in [0.2, 0.25) is 0 Å². The molecule has 150 valence electrons. The van der Waals surface area contributed by atoms with Crippen molar-refractivity contribution in [2.75, 3.05) is 52.6 Å². The molecule has 9 nitrogen and oxygen atoms in total. The first-order valence-corrected chi connectivity index (χ1v) is 8.95. The number of aromatic nitrogens is 1. The van der Waals surface area contributed by atoms with Crippen LogP contribution in [0.25, 0.3) is 0 Å². The van der Waals surface area contributed by atoms with E-state index in [1.165, 1.54) is 4.90 Å². The lowest BCUT2D eigenvalue weighted by Crippen LogP contribution is -2.40. The summed E-state index contributed by atoms with van der Waals surface area (Å²) in [5.41, 5.74) is 2.99. The van der Waals surface area contributed by atoms with Crippen LogP contribution in [0.3, 0.4) is 0 Å². The highest BCUT2D eigenvalue weighted by molar-refractivity contribution is 5.67. The van der Waals surface area contributed by atoms with Crippen LogP contribution in [0.1, 0.15) is 16.8 Å². The number of rotatable bonds is 2. The number of hydrogen-bond donors (Lipinski definition) is 1. The maximum Gasteiger partial charge on any atom is 0.410 e. The maximum atomic E-state index is 11.8. The lowest BCUT2D eigenvalue weighted by Gasteiger charge is -2.26. The number of nitrogens with zero attached hydrogens (tertiary/aromatic N) is 3. The van der Waals surface area contributed by atoms with Crippen molar-refractivity contribution in [1.82, 2.24) is 14.8 Å². The van der Waals surface area contributed by atoms with E-state index in [2.05, 4.69) is 4.98 Å². The first kappa shape index (κ1) is 20.9. The van der Waals surface area contributed by atoms with Crippen molar-refractivity contribution >= 4 is 12.2 Å². The number of aryl methyl sites for hydroxylation is 2. The summed E-state index contributed by atoms with van der Waals surface area (Å²) in [7, 11) is 0. The Balaban J connectivity index is 0.000000244. The van der Waals surface area contributed by atoms with Crippen molar-refractivity contribution < 1.29 is 28.9 Å². The summed E-state index contributed by atoms with van der Waals surface area (Å²) in [6.07, 6.45) is 0.636. The Morgan fingerprint density at radius 1 is 1.07 bits per heavy atom. The van der Waals surface area contributed by atoms with Crippen LogP contribution in [0.4, 0.5) is 9.59 Å². The molecular formula is C18H27N3O6. The van der Waals surface area contributed by atoms with Crippen LogP contribution in [0.5, 0.6) is 0 Å². The zero-order valence-corrected chi connectivity index (χ0v) is 15.8. The van der Waals surface area contributed by atoms with Gasteiger partial charge in [-0.05, 0) is 25.5 Å². The zero-order chi connectivity index (χ0) is 19.6. The molecule has 1 aromatic heterocycles.